The zero-order valence-electron chi connectivity index (χ0n) is 38.9. The maximum atomic E-state index is 14.5. The van der Waals surface area contributed by atoms with Crippen LogP contribution in [0.5, 0.6) is 34.5 Å². The molecule has 0 unspecified atom stereocenters. The molecule has 0 aliphatic carbocycles. The third kappa shape index (κ3) is 11.3. The molecule has 0 saturated heterocycles. The van der Waals surface area contributed by atoms with Gasteiger partial charge in [0.2, 0.25) is 21.5 Å². The number of sulfone groups is 1. The second-order valence-electron chi connectivity index (χ2n) is 16.3. The van der Waals surface area contributed by atoms with E-state index < -0.39 is 173 Å². The number of anilines is 2. The summed E-state index contributed by atoms with van der Waals surface area (Å²) in [6.07, 6.45) is -15.9. The van der Waals surface area contributed by atoms with Crippen LogP contribution in [0, 0.1) is 0 Å². The molecule has 4 aromatic rings. The van der Waals surface area contributed by atoms with Crippen molar-refractivity contribution in [3.05, 3.63) is 109 Å². The highest BCUT2D eigenvalue weighted by molar-refractivity contribution is 7.91. The lowest BCUT2D eigenvalue weighted by atomic mass is 9.91. The fourth-order valence-corrected chi connectivity index (χ4v) is 7.11. The normalized spacial score (nSPS) is 15.3. The minimum atomic E-state index is -8.85. The molecule has 0 aliphatic heterocycles. The molecule has 8 nitrogen and oxygen atoms in total. The minimum absolute atomic E-state index is 0.194. The van der Waals surface area contributed by atoms with Gasteiger partial charge in [0, 0.05) is 12.1 Å². The van der Waals surface area contributed by atoms with Crippen LogP contribution in [0.4, 0.5) is 161 Å². The van der Waals surface area contributed by atoms with Gasteiger partial charge in [-0.25, -0.2) is 8.42 Å². The predicted molar refractivity (Wildman–Crippen MR) is 211 cm³/mol. The Balaban J connectivity index is 1.52. The number of nitrogen functional groups attached to an aromatic ring is 2. The van der Waals surface area contributed by atoms with Crippen molar-refractivity contribution in [3.8, 4) is 34.5 Å². The van der Waals surface area contributed by atoms with Crippen LogP contribution in [0.3, 0.4) is 0 Å². The standard InChI is InChI=1S/C42H18F34N2O6S/c43-25(29(47,48)31(51,52)33(55,56)35(59,60)37(63,64)39(67,68)41(71,72)73)27(45)83-23-13-17(5-11-21(23)77)81-15-1-7-19(8-2-15)85(79,80)20-9-3-16(4-10-20)82-18-6-12-22(78)24(14-18)84-28(46)26(44)30(49,50)32(53,54)34(57,58)36(61,62)38(65,66)40(69,70)42(74,75)76/h1-14H,77-78H2. The van der Waals surface area contributed by atoms with Crippen LogP contribution in [0.15, 0.2) is 118 Å². The van der Waals surface area contributed by atoms with Crippen LogP contribution in [-0.2, 0) is 9.84 Å². The molecule has 4 rings (SSSR count). The Kier molecular flexibility index (Phi) is 17.8. The van der Waals surface area contributed by atoms with Gasteiger partial charge in [0.15, 0.2) is 11.5 Å². The van der Waals surface area contributed by atoms with E-state index in [1.807, 2.05) is 0 Å². The number of hydrogen-bond acceptors (Lipinski definition) is 8. The molecule has 43 heteroatoms. The number of halogens is 34. The Morgan fingerprint density at radius 2 is 0.541 bits per heavy atom. The second-order valence-corrected chi connectivity index (χ2v) is 18.3. The highest BCUT2D eigenvalue weighted by atomic mass is 32.2. The van der Waals surface area contributed by atoms with Crippen LogP contribution >= 0.6 is 0 Å². The van der Waals surface area contributed by atoms with Crippen molar-refractivity contribution < 1.29 is 177 Å². The first-order valence-corrected chi connectivity index (χ1v) is 22.0. The van der Waals surface area contributed by atoms with Gasteiger partial charge >= 0.3 is 95.4 Å². The minimum Gasteiger partial charge on any atom is -0.457 e. The summed E-state index contributed by atoms with van der Waals surface area (Å²) in [6.45, 7) is 0. The molecule has 4 aromatic carbocycles. The SMILES string of the molecule is Nc1ccc(Oc2ccc(S(=O)(=O)c3ccc(Oc4ccc(N)c(OC(F)=C(F)C(F)(F)C(F)(F)C(F)(F)C(F)(F)C(F)(F)C(F)(F)C(F)(F)F)c4)cc3)cc2)cc1OC(F)=C(F)C(F)(F)C(F)(F)C(F)(F)C(F)(F)C(F)(F)C(F)(F)C(F)(F)F. The van der Waals surface area contributed by atoms with Gasteiger partial charge in [0.25, 0.3) is 0 Å². The number of nitrogens with two attached hydrogens (primary N) is 2. The molecule has 0 aliphatic rings. The molecule has 0 fully saturated rings. The monoisotopic (exact) mass is 1320 g/mol. The maximum absolute atomic E-state index is 14.5. The molecule has 0 radical (unpaired) electrons. The predicted octanol–water partition coefficient (Wildman–Crippen LogP) is 17.0. The number of rotatable bonds is 22. The van der Waals surface area contributed by atoms with Gasteiger partial charge in [-0.3, -0.25) is 0 Å². The molecule has 476 valence electrons. The molecule has 0 atom stereocenters. The molecule has 85 heavy (non-hydrogen) atoms. The number of allylic oxidation sites excluding steroid dienone is 2. The Morgan fingerprint density at radius 1 is 0.318 bits per heavy atom. The average Bonchev–Trinajstić information content (AvgIpc) is 0.738. The summed E-state index contributed by atoms with van der Waals surface area (Å²) in [7, 11) is -4.69. The topological polar surface area (TPSA) is 123 Å². The highest BCUT2D eigenvalue weighted by Gasteiger charge is 2.95. The summed E-state index contributed by atoms with van der Waals surface area (Å²) in [5.41, 5.74) is 8.48. The quantitative estimate of drug-likeness (QED) is 0.0453. The molecule has 4 N–H and O–H groups in total. The molecular formula is C42H18F34N2O6S. The van der Waals surface area contributed by atoms with Crippen molar-refractivity contribution in [2.75, 3.05) is 11.5 Å². The lowest BCUT2D eigenvalue weighted by molar-refractivity contribution is -0.451. The lowest BCUT2D eigenvalue weighted by Crippen LogP contribution is -2.72. The summed E-state index contributed by atoms with van der Waals surface area (Å²) in [5.74, 6) is -118. The zero-order chi connectivity index (χ0) is 66.3. The van der Waals surface area contributed by atoms with Gasteiger partial charge in [0.05, 0.1) is 21.2 Å². The third-order valence-electron chi connectivity index (χ3n) is 10.7. The number of alkyl halides is 30. The van der Waals surface area contributed by atoms with Crippen molar-refractivity contribution in [1.29, 1.82) is 0 Å². The van der Waals surface area contributed by atoms with E-state index in [1.54, 1.807) is 0 Å². The van der Waals surface area contributed by atoms with Crippen LogP contribution in [0.1, 0.15) is 0 Å². The van der Waals surface area contributed by atoms with E-state index in [4.69, 9.17) is 20.9 Å². The largest absolute Gasteiger partial charge is 0.460 e. The summed E-state index contributed by atoms with van der Waals surface area (Å²) in [6, 6.07) is 0.964. The molecular weight excluding hydrogens is 1310 g/mol. The summed E-state index contributed by atoms with van der Waals surface area (Å²) in [5, 5.41) is 0. The van der Waals surface area contributed by atoms with Crippen molar-refractivity contribution in [1.82, 2.24) is 0 Å². The van der Waals surface area contributed by atoms with Crippen molar-refractivity contribution >= 4 is 21.2 Å². The Hall–Kier alpha value is -7.27. The van der Waals surface area contributed by atoms with Crippen molar-refractivity contribution in [2.24, 2.45) is 0 Å². The molecule has 0 aromatic heterocycles. The van der Waals surface area contributed by atoms with E-state index in [2.05, 4.69) is 9.47 Å². The summed E-state index contributed by atoms with van der Waals surface area (Å²) >= 11 is 0. The zero-order valence-corrected chi connectivity index (χ0v) is 39.8. The molecule has 0 saturated carbocycles. The van der Waals surface area contributed by atoms with E-state index >= 15 is 0 Å². The van der Waals surface area contributed by atoms with Gasteiger partial charge in [0.1, 0.15) is 23.0 Å². The third-order valence-corrected chi connectivity index (χ3v) is 12.4. The van der Waals surface area contributed by atoms with E-state index in [0.29, 0.717) is 48.5 Å². The van der Waals surface area contributed by atoms with Crippen LogP contribution in [0.2, 0.25) is 0 Å². The van der Waals surface area contributed by atoms with Gasteiger partial charge < -0.3 is 30.4 Å². The molecule has 0 spiro atoms. The molecule has 0 bridgehead atoms. The maximum Gasteiger partial charge on any atom is 0.460 e. The Labute approximate surface area is 445 Å². The van der Waals surface area contributed by atoms with Crippen LogP contribution < -0.4 is 30.4 Å². The van der Waals surface area contributed by atoms with Gasteiger partial charge in [-0.05, 0) is 72.8 Å². The van der Waals surface area contributed by atoms with Crippen molar-refractivity contribution in [3.63, 3.8) is 0 Å². The van der Waals surface area contributed by atoms with E-state index in [-0.39, 0.29) is 12.1 Å². The Morgan fingerprint density at radius 3 is 0.788 bits per heavy atom. The Bertz CT molecular complexity index is 3090. The first-order chi connectivity index (χ1) is 37.8. The average molecular weight is 1320 g/mol. The highest BCUT2D eigenvalue weighted by Crippen LogP contribution is 2.65. The first kappa shape index (κ1) is 70.2. The number of hydrogen-bond donors (Lipinski definition) is 2. The van der Waals surface area contributed by atoms with Crippen molar-refractivity contribution in [2.45, 2.75) is 93.2 Å². The summed E-state index contributed by atoms with van der Waals surface area (Å²) < 4.78 is 508. The van der Waals surface area contributed by atoms with E-state index in [1.165, 1.54) is 0 Å². The lowest BCUT2D eigenvalue weighted by Gasteiger charge is -2.41. The van der Waals surface area contributed by atoms with E-state index in [0.717, 1.165) is 24.3 Å². The fourth-order valence-electron chi connectivity index (χ4n) is 5.85. The molecule has 0 heterocycles. The van der Waals surface area contributed by atoms with E-state index in [9.17, 15) is 158 Å². The van der Waals surface area contributed by atoms with Crippen LogP contribution in [0.25, 0.3) is 0 Å². The van der Waals surface area contributed by atoms with Gasteiger partial charge in [-0.15, -0.1) is 0 Å². The van der Waals surface area contributed by atoms with Crippen LogP contribution in [-0.4, -0.2) is 91.8 Å². The number of ether oxygens (including phenoxy) is 4. The fraction of sp³-hybridized carbons (Fsp3) is 0.333. The molecule has 0 amide bonds. The first-order valence-electron chi connectivity index (χ1n) is 20.5. The smallest absolute Gasteiger partial charge is 0.457 e. The second kappa shape index (κ2) is 21.6. The van der Waals surface area contributed by atoms with Gasteiger partial charge in [-0.2, -0.15) is 149 Å². The van der Waals surface area contributed by atoms with Gasteiger partial charge in [-0.1, -0.05) is 0 Å². The summed E-state index contributed by atoms with van der Waals surface area (Å²) in [4.78, 5) is -1.36. The number of benzene rings is 4.